The third-order valence-electron chi connectivity index (χ3n) is 2.47. The smallest absolute Gasteiger partial charge is 0.422 e. The van der Waals surface area contributed by atoms with E-state index in [1.165, 1.54) is 18.1 Å². The summed E-state index contributed by atoms with van der Waals surface area (Å²) in [5.74, 6) is 0.419. The van der Waals surface area contributed by atoms with E-state index in [0.29, 0.717) is 16.4 Å². The van der Waals surface area contributed by atoms with Crippen LogP contribution >= 0.6 is 11.8 Å². The molecule has 2 heterocycles. The minimum atomic E-state index is -4.53. The maximum atomic E-state index is 11.8. The molecule has 0 fully saturated rings. The van der Waals surface area contributed by atoms with E-state index in [0.717, 1.165) is 5.39 Å². The number of nitrogens with zero attached hydrogens (tertiary/aromatic N) is 4. The van der Waals surface area contributed by atoms with Gasteiger partial charge in [-0.1, -0.05) is 0 Å². The Hall–Kier alpha value is -2.04. The highest BCUT2D eigenvalue weighted by Gasteiger charge is 2.29. The Labute approximate surface area is 127 Å². The number of fused-ring (bicyclic) bond motifs is 1. The van der Waals surface area contributed by atoms with Gasteiger partial charge in [0.15, 0.2) is 12.3 Å². The second-order valence-corrected chi connectivity index (χ2v) is 5.23. The Balaban J connectivity index is 1.78. The van der Waals surface area contributed by atoms with Gasteiger partial charge in [-0.25, -0.2) is 14.8 Å². The molecule has 0 bridgehead atoms. The number of hydrogen-bond donors (Lipinski definition) is 1. The molecule has 0 aliphatic heterocycles. The van der Waals surface area contributed by atoms with E-state index in [1.54, 1.807) is 17.9 Å². The highest BCUT2D eigenvalue weighted by Crippen LogP contribution is 2.23. The second-order valence-electron chi connectivity index (χ2n) is 4.15. The van der Waals surface area contributed by atoms with Gasteiger partial charge in [0.05, 0.1) is 11.6 Å². The van der Waals surface area contributed by atoms with Gasteiger partial charge in [-0.05, 0) is 0 Å². The summed E-state index contributed by atoms with van der Waals surface area (Å²) in [6.45, 7) is -1.46. The minimum Gasteiger partial charge on any atom is -0.440 e. The maximum Gasteiger partial charge on any atom is 0.422 e. The van der Waals surface area contributed by atoms with Crippen LogP contribution in [0.1, 0.15) is 0 Å². The summed E-state index contributed by atoms with van der Waals surface area (Å²) in [4.78, 5) is 19.2. The molecule has 22 heavy (non-hydrogen) atoms. The van der Waals surface area contributed by atoms with Crippen LogP contribution in [0.15, 0.2) is 17.6 Å². The number of carbonyl (C=O) groups excluding carboxylic acids is 1. The summed E-state index contributed by atoms with van der Waals surface area (Å²) in [6, 6.07) is 0. The molecule has 2 aromatic heterocycles. The van der Waals surface area contributed by atoms with Gasteiger partial charge in [0, 0.05) is 19.3 Å². The number of amides is 1. The standard InChI is InChI=1S/C11H12F3N5O2S/c1-19-8-7(4-18-19)9(17-6-16-8)22-3-2-15-10(20)21-5-11(12,13)14/h4,6H,2-3,5H2,1H3,(H,15,20). The molecule has 2 aromatic rings. The highest BCUT2D eigenvalue weighted by molar-refractivity contribution is 7.99. The molecule has 120 valence electrons. The molecule has 0 aromatic carbocycles. The highest BCUT2D eigenvalue weighted by atomic mass is 32.2. The summed E-state index contributed by atoms with van der Waals surface area (Å²) in [5, 5.41) is 7.75. The summed E-state index contributed by atoms with van der Waals surface area (Å²) in [6.07, 6.45) is -2.61. The number of ether oxygens (including phenoxy) is 1. The van der Waals surface area contributed by atoms with Crippen molar-refractivity contribution in [3.63, 3.8) is 0 Å². The van der Waals surface area contributed by atoms with E-state index >= 15 is 0 Å². The molecule has 1 amide bonds. The summed E-state index contributed by atoms with van der Waals surface area (Å²) in [5.41, 5.74) is 0.676. The predicted octanol–water partition coefficient (Wildman–Crippen LogP) is 1.74. The molecule has 1 N–H and O–H groups in total. The lowest BCUT2D eigenvalue weighted by Crippen LogP contribution is -2.30. The fraction of sp³-hybridized carbons (Fsp3) is 0.455. The number of rotatable bonds is 5. The first-order valence-corrected chi connectivity index (χ1v) is 7.08. The van der Waals surface area contributed by atoms with Crippen molar-refractivity contribution in [2.45, 2.75) is 11.2 Å². The van der Waals surface area contributed by atoms with Crippen LogP contribution in [-0.2, 0) is 11.8 Å². The van der Waals surface area contributed by atoms with Crippen LogP contribution in [0.2, 0.25) is 0 Å². The molecular formula is C11H12F3N5O2S. The van der Waals surface area contributed by atoms with Crippen molar-refractivity contribution in [3.8, 4) is 0 Å². The van der Waals surface area contributed by atoms with E-state index in [9.17, 15) is 18.0 Å². The SMILES string of the molecule is Cn1ncc2c(SCCNC(=O)OCC(F)(F)F)ncnc21. The molecule has 0 spiro atoms. The maximum absolute atomic E-state index is 11.8. The number of alkyl carbamates (subject to hydrolysis) is 1. The predicted molar refractivity (Wildman–Crippen MR) is 72.4 cm³/mol. The average molecular weight is 335 g/mol. The van der Waals surface area contributed by atoms with Gasteiger partial charge >= 0.3 is 12.3 Å². The second kappa shape index (κ2) is 6.81. The number of thioether (sulfide) groups is 1. The van der Waals surface area contributed by atoms with E-state index < -0.39 is 18.9 Å². The number of aromatic nitrogens is 4. The average Bonchev–Trinajstić information content (AvgIpc) is 2.83. The number of carbonyl (C=O) groups is 1. The number of aryl methyl sites for hydroxylation is 1. The van der Waals surface area contributed by atoms with Gasteiger partial charge in [0.2, 0.25) is 0 Å². The lowest BCUT2D eigenvalue weighted by atomic mass is 10.4. The van der Waals surface area contributed by atoms with Crippen LogP contribution in [0.4, 0.5) is 18.0 Å². The zero-order valence-corrected chi connectivity index (χ0v) is 12.2. The fourth-order valence-electron chi connectivity index (χ4n) is 1.55. The van der Waals surface area contributed by atoms with Crippen molar-refractivity contribution in [1.82, 2.24) is 25.1 Å². The Kier molecular flexibility index (Phi) is 5.06. The monoisotopic (exact) mass is 335 g/mol. The van der Waals surface area contributed by atoms with Crippen molar-refractivity contribution in [3.05, 3.63) is 12.5 Å². The van der Waals surface area contributed by atoms with Crippen molar-refractivity contribution in [1.29, 1.82) is 0 Å². The molecule has 0 saturated carbocycles. The van der Waals surface area contributed by atoms with Crippen molar-refractivity contribution >= 4 is 28.9 Å². The molecule has 0 radical (unpaired) electrons. The normalized spacial score (nSPS) is 11.6. The van der Waals surface area contributed by atoms with Crippen LogP contribution < -0.4 is 5.32 Å². The fourth-order valence-corrected chi connectivity index (χ4v) is 2.37. The summed E-state index contributed by atoms with van der Waals surface area (Å²) < 4.78 is 41.1. The van der Waals surface area contributed by atoms with Crippen molar-refractivity contribution in [2.75, 3.05) is 18.9 Å². The Morgan fingerprint density at radius 3 is 2.95 bits per heavy atom. The lowest BCUT2D eigenvalue weighted by molar-refractivity contribution is -0.160. The van der Waals surface area contributed by atoms with Crippen molar-refractivity contribution < 1.29 is 22.7 Å². The van der Waals surface area contributed by atoms with Crippen LogP contribution in [0.3, 0.4) is 0 Å². The van der Waals surface area contributed by atoms with E-state index in [2.05, 4.69) is 25.1 Å². The van der Waals surface area contributed by atoms with Crippen LogP contribution in [0.5, 0.6) is 0 Å². The molecule has 0 aliphatic carbocycles. The molecule has 2 rings (SSSR count). The first kappa shape index (κ1) is 16.3. The topological polar surface area (TPSA) is 81.9 Å². The van der Waals surface area contributed by atoms with E-state index in [1.807, 2.05) is 0 Å². The van der Waals surface area contributed by atoms with E-state index in [4.69, 9.17) is 0 Å². The largest absolute Gasteiger partial charge is 0.440 e. The van der Waals surface area contributed by atoms with Gasteiger partial charge in [-0.2, -0.15) is 18.3 Å². The first-order valence-electron chi connectivity index (χ1n) is 6.10. The number of halogens is 3. The first-order chi connectivity index (χ1) is 10.4. The Morgan fingerprint density at radius 1 is 1.45 bits per heavy atom. The Bertz CT molecular complexity index is 661. The molecule has 0 aliphatic rings. The third kappa shape index (κ3) is 4.48. The molecular weight excluding hydrogens is 323 g/mol. The van der Waals surface area contributed by atoms with Crippen LogP contribution in [0, 0.1) is 0 Å². The third-order valence-corrected chi connectivity index (χ3v) is 3.48. The quantitative estimate of drug-likeness (QED) is 0.509. The van der Waals surface area contributed by atoms with Crippen LogP contribution in [-0.4, -0.2) is 50.9 Å². The molecule has 0 unspecified atom stereocenters. The molecule has 11 heteroatoms. The number of nitrogens with one attached hydrogen (secondary N) is 1. The van der Waals surface area contributed by atoms with Gasteiger partial charge < -0.3 is 10.1 Å². The van der Waals surface area contributed by atoms with Gasteiger partial charge in [0.1, 0.15) is 11.4 Å². The lowest BCUT2D eigenvalue weighted by Gasteiger charge is -2.08. The number of alkyl halides is 3. The minimum absolute atomic E-state index is 0.146. The summed E-state index contributed by atoms with van der Waals surface area (Å²) in [7, 11) is 1.75. The molecule has 0 saturated heterocycles. The zero-order chi connectivity index (χ0) is 16.2. The molecule has 0 atom stereocenters. The molecule has 7 nitrogen and oxygen atoms in total. The Morgan fingerprint density at radius 2 is 2.23 bits per heavy atom. The summed E-state index contributed by atoms with van der Waals surface area (Å²) >= 11 is 1.33. The number of hydrogen-bond acceptors (Lipinski definition) is 6. The van der Waals surface area contributed by atoms with Gasteiger partial charge in [-0.15, -0.1) is 11.8 Å². The van der Waals surface area contributed by atoms with Gasteiger partial charge in [-0.3, -0.25) is 4.68 Å². The van der Waals surface area contributed by atoms with Crippen molar-refractivity contribution in [2.24, 2.45) is 7.05 Å². The van der Waals surface area contributed by atoms with Crippen LogP contribution in [0.25, 0.3) is 11.0 Å². The van der Waals surface area contributed by atoms with Gasteiger partial charge in [0.25, 0.3) is 0 Å². The van der Waals surface area contributed by atoms with E-state index in [-0.39, 0.29) is 6.54 Å². The zero-order valence-electron chi connectivity index (χ0n) is 11.4.